The summed E-state index contributed by atoms with van der Waals surface area (Å²) in [5.41, 5.74) is 3.35. The third-order valence-corrected chi connectivity index (χ3v) is 5.18. The first-order chi connectivity index (χ1) is 16.5. The van der Waals surface area contributed by atoms with Crippen molar-refractivity contribution in [3.05, 3.63) is 83.7 Å². The number of ether oxygens (including phenoxy) is 2. The number of ketones is 1. The highest BCUT2D eigenvalue weighted by atomic mass is 16.7. The fourth-order valence-electron chi connectivity index (χ4n) is 3.48. The topological polar surface area (TPSA) is 116 Å². The van der Waals surface area contributed by atoms with Gasteiger partial charge in [-0.05, 0) is 67.1 Å². The molecule has 0 bridgehead atoms. The van der Waals surface area contributed by atoms with Gasteiger partial charge in [-0.2, -0.15) is 0 Å². The van der Waals surface area contributed by atoms with Gasteiger partial charge in [0.15, 0.2) is 17.3 Å². The van der Waals surface area contributed by atoms with Crippen molar-refractivity contribution in [3.63, 3.8) is 0 Å². The molecule has 170 valence electrons. The predicted molar refractivity (Wildman–Crippen MR) is 124 cm³/mol. The van der Waals surface area contributed by atoms with Crippen LogP contribution in [0, 0.1) is 0 Å². The lowest BCUT2D eigenvalue weighted by molar-refractivity contribution is 0.101. The summed E-state index contributed by atoms with van der Waals surface area (Å²) in [4.78, 5) is 23.8. The van der Waals surface area contributed by atoms with E-state index in [1.807, 2.05) is 24.3 Å². The van der Waals surface area contributed by atoms with Crippen molar-refractivity contribution in [2.75, 3.05) is 17.4 Å². The van der Waals surface area contributed by atoms with Crippen LogP contribution in [0.4, 0.5) is 16.2 Å². The smallest absolute Gasteiger partial charge is 0.323 e. The van der Waals surface area contributed by atoms with Crippen LogP contribution in [-0.4, -0.2) is 28.8 Å². The van der Waals surface area contributed by atoms with E-state index in [0.29, 0.717) is 46.5 Å². The summed E-state index contributed by atoms with van der Waals surface area (Å²) in [6.07, 6.45) is 0.451. The fraction of sp³-hybridized carbons (Fsp3) is 0.120. The van der Waals surface area contributed by atoms with Crippen LogP contribution in [0.1, 0.15) is 28.7 Å². The van der Waals surface area contributed by atoms with Gasteiger partial charge < -0.3 is 24.5 Å². The molecule has 1 aliphatic heterocycles. The minimum Gasteiger partial charge on any atom is -0.454 e. The number of nitrogens with zero attached hydrogens (tertiary/aromatic N) is 2. The first kappa shape index (κ1) is 21.2. The molecule has 2 heterocycles. The summed E-state index contributed by atoms with van der Waals surface area (Å²) in [5, 5.41) is 13.8. The Morgan fingerprint density at radius 2 is 1.68 bits per heavy atom. The highest BCUT2D eigenvalue weighted by molar-refractivity contribution is 6.00. The summed E-state index contributed by atoms with van der Waals surface area (Å²) in [6.45, 7) is 1.71. The number of carbonyl (C=O) groups is 2. The number of aromatic nitrogens is 2. The summed E-state index contributed by atoms with van der Waals surface area (Å²) < 4.78 is 16.6. The van der Waals surface area contributed by atoms with Crippen LogP contribution >= 0.6 is 0 Å². The standard InChI is InChI=1S/C25H20N4O5/c1-15(30)17-6-8-19(9-7-17)26-25(31)27-20-4-2-3-18(13-20)24-29-28-23(34-24)12-16-5-10-21-22(11-16)33-14-32-21/h2-11,13H,12,14H2,1H3,(H2,26,27,31). The van der Waals surface area contributed by atoms with Crippen molar-refractivity contribution in [3.8, 4) is 23.0 Å². The van der Waals surface area contributed by atoms with Crippen molar-refractivity contribution in [1.82, 2.24) is 10.2 Å². The van der Waals surface area contributed by atoms with Crippen molar-refractivity contribution < 1.29 is 23.5 Å². The molecule has 2 N–H and O–H groups in total. The second-order valence-electron chi connectivity index (χ2n) is 7.66. The molecule has 3 aromatic carbocycles. The Morgan fingerprint density at radius 3 is 2.50 bits per heavy atom. The lowest BCUT2D eigenvalue weighted by atomic mass is 10.1. The number of anilines is 2. The highest BCUT2D eigenvalue weighted by Gasteiger charge is 2.15. The molecule has 4 aromatic rings. The Hall–Kier alpha value is -4.66. The van der Waals surface area contributed by atoms with E-state index in [1.165, 1.54) is 6.92 Å². The second-order valence-corrected chi connectivity index (χ2v) is 7.66. The van der Waals surface area contributed by atoms with Gasteiger partial charge in [0.25, 0.3) is 0 Å². The van der Waals surface area contributed by atoms with E-state index in [0.717, 1.165) is 11.3 Å². The highest BCUT2D eigenvalue weighted by Crippen LogP contribution is 2.33. The Morgan fingerprint density at radius 1 is 0.882 bits per heavy atom. The monoisotopic (exact) mass is 456 g/mol. The molecular formula is C25H20N4O5. The van der Waals surface area contributed by atoms with E-state index >= 15 is 0 Å². The third-order valence-electron chi connectivity index (χ3n) is 5.18. The molecule has 0 aliphatic carbocycles. The average Bonchev–Trinajstić information content (AvgIpc) is 3.49. The Balaban J connectivity index is 1.24. The minimum absolute atomic E-state index is 0.0344. The molecule has 1 aromatic heterocycles. The van der Waals surface area contributed by atoms with E-state index in [9.17, 15) is 9.59 Å². The van der Waals surface area contributed by atoms with E-state index in [-0.39, 0.29) is 12.6 Å². The van der Waals surface area contributed by atoms with Crippen LogP contribution in [0.2, 0.25) is 0 Å². The molecular weight excluding hydrogens is 436 g/mol. The molecule has 9 heteroatoms. The SMILES string of the molecule is CC(=O)c1ccc(NC(=O)Nc2cccc(-c3nnc(Cc4ccc5c(c4)OCO5)o3)c2)cc1. The van der Waals surface area contributed by atoms with Gasteiger partial charge in [-0.1, -0.05) is 12.1 Å². The minimum atomic E-state index is -0.415. The molecule has 34 heavy (non-hydrogen) atoms. The van der Waals surface area contributed by atoms with Crippen LogP contribution in [0.15, 0.2) is 71.1 Å². The Labute approximate surface area is 194 Å². The average molecular weight is 456 g/mol. The zero-order chi connectivity index (χ0) is 23.5. The lowest BCUT2D eigenvalue weighted by Gasteiger charge is -2.08. The van der Waals surface area contributed by atoms with Crippen molar-refractivity contribution >= 4 is 23.2 Å². The molecule has 5 rings (SSSR count). The van der Waals surface area contributed by atoms with E-state index in [1.54, 1.807) is 42.5 Å². The molecule has 0 saturated carbocycles. The van der Waals surface area contributed by atoms with Gasteiger partial charge >= 0.3 is 6.03 Å². The zero-order valence-electron chi connectivity index (χ0n) is 18.2. The van der Waals surface area contributed by atoms with Gasteiger partial charge in [-0.15, -0.1) is 10.2 Å². The number of benzene rings is 3. The summed E-state index contributed by atoms with van der Waals surface area (Å²) in [7, 11) is 0. The number of hydrogen-bond acceptors (Lipinski definition) is 7. The van der Waals surface area contributed by atoms with Crippen LogP contribution in [-0.2, 0) is 6.42 Å². The first-order valence-electron chi connectivity index (χ1n) is 10.5. The van der Waals surface area contributed by atoms with Crippen LogP contribution in [0.3, 0.4) is 0 Å². The van der Waals surface area contributed by atoms with Crippen LogP contribution in [0.5, 0.6) is 11.5 Å². The van der Waals surface area contributed by atoms with Gasteiger partial charge in [0.1, 0.15) is 0 Å². The summed E-state index contributed by atoms with van der Waals surface area (Å²) in [5.74, 6) is 2.19. The third kappa shape index (κ3) is 4.73. The number of rotatable bonds is 6. The second kappa shape index (κ2) is 9.07. The number of hydrogen-bond donors (Lipinski definition) is 2. The molecule has 0 spiro atoms. The molecule has 9 nitrogen and oxygen atoms in total. The van der Waals surface area contributed by atoms with E-state index in [2.05, 4.69) is 20.8 Å². The number of nitrogens with one attached hydrogen (secondary N) is 2. The summed E-state index contributed by atoms with van der Waals surface area (Å²) >= 11 is 0. The van der Waals surface area contributed by atoms with E-state index in [4.69, 9.17) is 13.9 Å². The van der Waals surface area contributed by atoms with Gasteiger partial charge in [-0.3, -0.25) is 4.79 Å². The number of carbonyl (C=O) groups excluding carboxylic acids is 2. The molecule has 0 unspecified atom stereocenters. The van der Waals surface area contributed by atoms with E-state index < -0.39 is 6.03 Å². The van der Waals surface area contributed by atoms with Crippen LogP contribution in [0.25, 0.3) is 11.5 Å². The van der Waals surface area contributed by atoms with Crippen LogP contribution < -0.4 is 20.1 Å². The molecule has 1 aliphatic rings. The Kier molecular flexibility index (Phi) is 5.65. The predicted octanol–water partition coefficient (Wildman–Crippen LogP) is 4.90. The summed E-state index contributed by atoms with van der Waals surface area (Å²) in [6, 6.07) is 19.0. The molecule has 0 fully saturated rings. The maximum atomic E-state index is 12.4. The fourth-order valence-corrected chi connectivity index (χ4v) is 3.48. The zero-order valence-corrected chi connectivity index (χ0v) is 18.2. The largest absolute Gasteiger partial charge is 0.454 e. The normalized spacial score (nSPS) is 11.8. The maximum Gasteiger partial charge on any atom is 0.323 e. The first-order valence-corrected chi connectivity index (χ1v) is 10.5. The molecule has 0 radical (unpaired) electrons. The molecule has 0 saturated heterocycles. The van der Waals surface area contributed by atoms with Crippen molar-refractivity contribution in [2.45, 2.75) is 13.3 Å². The molecule has 0 atom stereocenters. The maximum absolute atomic E-state index is 12.4. The van der Waals surface area contributed by atoms with Gasteiger partial charge in [0, 0.05) is 22.5 Å². The van der Waals surface area contributed by atoms with Crippen molar-refractivity contribution in [2.24, 2.45) is 0 Å². The van der Waals surface area contributed by atoms with Crippen molar-refractivity contribution in [1.29, 1.82) is 0 Å². The lowest BCUT2D eigenvalue weighted by Crippen LogP contribution is -2.19. The van der Waals surface area contributed by atoms with Gasteiger partial charge in [0.05, 0.1) is 6.42 Å². The number of urea groups is 1. The number of fused-ring (bicyclic) bond motifs is 1. The number of Topliss-reactive ketones (excluding diaryl/α,β-unsaturated/α-hetero) is 1. The van der Waals surface area contributed by atoms with Gasteiger partial charge in [0.2, 0.25) is 18.6 Å². The molecule has 2 amide bonds. The quantitative estimate of drug-likeness (QED) is 0.396. The number of amides is 2. The Bertz CT molecular complexity index is 1360. The van der Waals surface area contributed by atoms with Gasteiger partial charge in [-0.25, -0.2) is 4.79 Å².